The molecule has 0 saturated carbocycles. The summed E-state index contributed by atoms with van der Waals surface area (Å²) in [5, 5.41) is 4.72. The molecule has 1 heterocycles. The standard InChI is InChI=1S/C17H10F6N2O/c18-16(19,20)11-5-3-7-13(14(11)17(21,22)23)24-8-10-9-4-1-2-6-12(9)25-15(10)26/h1-8,24H,(H,25,26). The van der Waals surface area contributed by atoms with Crippen LogP contribution in [0.2, 0.25) is 0 Å². The van der Waals surface area contributed by atoms with E-state index >= 15 is 0 Å². The van der Waals surface area contributed by atoms with E-state index in [1.54, 1.807) is 24.3 Å². The Morgan fingerprint density at radius 3 is 2.23 bits per heavy atom. The zero-order valence-corrected chi connectivity index (χ0v) is 12.8. The molecule has 0 unspecified atom stereocenters. The van der Waals surface area contributed by atoms with Crippen molar-refractivity contribution in [3.05, 3.63) is 65.4 Å². The number of rotatable bonds is 2. The van der Waals surface area contributed by atoms with Gasteiger partial charge in [0.1, 0.15) is 0 Å². The lowest BCUT2D eigenvalue weighted by Crippen LogP contribution is -2.18. The quantitative estimate of drug-likeness (QED) is 0.567. The van der Waals surface area contributed by atoms with Crippen LogP contribution in [-0.4, -0.2) is 5.91 Å². The Labute approximate surface area is 143 Å². The monoisotopic (exact) mass is 372 g/mol. The zero-order chi connectivity index (χ0) is 19.1. The molecule has 0 spiro atoms. The molecule has 0 radical (unpaired) electrons. The Morgan fingerprint density at radius 1 is 0.885 bits per heavy atom. The van der Waals surface area contributed by atoms with Gasteiger partial charge >= 0.3 is 12.4 Å². The minimum absolute atomic E-state index is 0.0196. The lowest BCUT2D eigenvalue weighted by atomic mass is 10.0. The SMILES string of the molecule is O=C1Nc2ccccc2C1=CNc1cccc(C(F)(F)F)c1C(F)(F)F. The van der Waals surface area contributed by atoms with E-state index in [0.29, 0.717) is 17.3 Å². The summed E-state index contributed by atoms with van der Waals surface area (Å²) in [4.78, 5) is 11.9. The van der Waals surface area contributed by atoms with E-state index in [1.807, 2.05) is 0 Å². The van der Waals surface area contributed by atoms with E-state index in [0.717, 1.165) is 18.3 Å². The average molecular weight is 372 g/mol. The number of fused-ring (bicyclic) bond motifs is 1. The Balaban J connectivity index is 2.05. The summed E-state index contributed by atoms with van der Waals surface area (Å²) in [5.41, 5.74) is -3.51. The van der Waals surface area contributed by atoms with Crippen molar-refractivity contribution in [1.82, 2.24) is 0 Å². The molecule has 9 heteroatoms. The minimum atomic E-state index is -5.23. The van der Waals surface area contributed by atoms with Gasteiger partial charge in [-0.05, 0) is 18.2 Å². The fourth-order valence-electron chi connectivity index (χ4n) is 2.65. The number of anilines is 2. The number of alkyl halides is 6. The second kappa shape index (κ2) is 6.08. The van der Waals surface area contributed by atoms with Gasteiger partial charge in [-0.1, -0.05) is 24.3 Å². The molecular weight excluding hydrogens is 362 g/mol. The number of amides is 1. The van der Waals surface area contributed by atoms with E-state index in [1.165, 1.54) is 0 Å². The molecule has 0 fully saturated rings. The molecule has 2 aromatic carbocycles. The molecule has 26 heavy (non-hydrogen) atoms. The first kappa shape index (κ1) is 17.8. The van der Waals surface area contributed by atoms with E-state index < -0.39 is 35.1 Å². The van der Waals surface area contributed by atoms with E-state index in [2.05, 4.69) is 10.6 Å². The van der Waals surface area contributed by atoms with Crippen molar-refractivity contribution >= 4 is 22.9 Å². The Bertz CT molecular complexity index is 899. The van der Waals surface area contributed by atoms with Crippen LogP contribution in [0.1, 0.15) is 16.7 Å². The number of carbonyl (C=O) groups excluding carboxylic acids is 1. The molecule has 0 saturated heterocycles. The molecule has 0 aliphatic carbocycles. The largest absolute Gasteiger partial charge is 0.419 e. The molecular formula is C17H10F6N2O. The second-order valence-electron chi connectivity index (χ2n) is 5.43. The molecule has 3 nitrogen and oxygen atoms in total. The number of para-hydroxylation sites is 1. The average Bonchev–Trinajstić information content (AvgIpc) is 2.86. The van der Waals surface area contributed by atoms with Crippen LogP contribution in [0.15, 0.2) is 48.7 Å². The van der Waals surface area contributed by atoms with Gasteiger partial charge in [0.05, 0.1) is 22.4 Å². The highest BCUT2D eigenvalue weighted by atomic mass is 19.4. The van der Waals surface area contributed by atoms with E-state index in [9.17, 15) is 31.1 Å². The highest BCUT2D eigenvalue weighted by Crippen LogP contribution is 2.44. The highest BCUT2D eigenvalue weighted by molar-refractivity contribution is 6.31. The summed E-state index contributed by atoms with van der Waals surface area (Å²) in [6.07, 6.45) is -9.44. The Morgan fingerprint density at radius 2 is 1.58 bits per heavy atom. The van der Waals surface area contributed by atoms with Gasteiger partial charge in [-0.2, -0.15) is 26.3 Å². The number of halogens is 6. The smallest absolute Gasteiger partial charge is 0.360 e. The summed E-state index contributed by atoms with van der Waals surface area (Å²) in [6.45, 7) is 0. The van der Waals surface area contributed by atoms with Crippen molar-refractivity contribution in [2.75, 3.05) is 10.6 Å². The van der Waals surface area contributed by atoms with Gasteiger partial charge in [-0.3, -0.25) is 4.79 Å². The van der Waals surface area contributed by atoms with Crippen LogP contribution in [0.4, 0.5) is 37.7 Å². The van der Waals surface area contributed by atoms with E-state index in [-0.39, 0.29) is 5.57 Å². The topological polar surface area (TPSA) is 41.1 Å². The first-order valence-corrected chi connectivity index (χ1v) is 7.24. The van der Waals surface area contributed by atoms with Crippen LogP contribution in [-0.2, 0) is 17.1 Å². The molecule has 136 valence electrons. The molecule has 3 rings (SSSR count). The van der Waals surface area contributed by atoms with Crippen molar-refractivity contribution in [2.24, 2.45) is 0 Å². The second-order valence-corrected chi connectivity index (χ2v) is 5.43. The van der Waals surface area contributed by atoms with Gasteiger partial charge in [0.15, 0.2) is 0 Å². The van der Waals surface area contributed by atoms with Gasteiger partial charge in [-0.15, -0.1) is 0 Å². The summed E-state index contributed by atoms with van der Waals surface area (Å²) in [7, 11) is 0. The normalized spacial score (nSPS) is 15.8. The maximum absolute atomic E-state index is 13.2. The summed E-state index contributed by atoms with van der Waals surface area (Å²) >= 11 is 0. The lowest BCUT2D eigenvalue weighted by Gasteiger charge is -2.19. The van der Waals surface area contributed by atoms with Crippen molar-refractivity contribution in [1.29, 1.82) is 0 Å². The number of carbonyl (C=O) groups is 1. The van der Waals surface area contributed by atoms with Gasteiger partial charge in [0.2, 0.25) is 0 Å². The fraction of sp³-hybridized carbons (Fsp3) is 0.118. The number of hydrogen-bond acceptors (Lipinski definition) is 2. The molecule has 2 N–H and O–H groups in total. The molecule has 0 aromatic heterocycles. The summed E-state index contributed by atoms with van der Waals surface area (Å²) < 4.78 is 78.5. The molecule has 1 amide bonds. The van der Waals surface area contributed by atoms with Gasteiger partial charge < -0.3 is 10.6 Å². The van der Waals surface area contributed by atoms with Gasteiger partial charge in [-0.25, -0.2) is 0 Å². The van der Waals surface area contributed by atoms with Crippen LogP contribution in [0.25, 0.3) is 5.57 Å². The molecule has 2 aromatic rings. The maximum atomic E-state index is 13.2. The summed E-state index contributed by atoms with van der Waals surface area (Å²) in [6, 6.07) is 8.54. The maximum Gasteiger partial charge on any atom is 0.419 e. The lowest BCUT2D eigenvalue weighted by molar-refractivity contribution is -0.161. The van der Waals surface area contributed by atoms with Crippen molar-refractivity contribution in [3.63, 3.8) is 0 Å². The van der Waals surface area contributed by atoms with Gasteiger partial charge in [0, 0.05) is 17.5 Å². The van der Waals surface area contributed by atoms with Gasteiger partial charge in [0.25, 0.3) is 5.91 Å². The summed E-state index contributed by atoms with van der Waals surface area (Å²) in [5.74, 6) is -0.570. The molecule has 1 aliphatic heterocycles. The van der Waals surface area contributed by atoms with Crippen molar-refractivity contribution < 1.29 is 31.1 Å². The Kier molecular flexibility index (Phi) is 4.17. The van der Waals surface area contributed by atoms with E-state index in [4.69, 9.17) is 0 Å². The third-order valence-electron chi connectivity index (χ3n) is 3.74. The predicted molar refractivity (Wildman–Crippen MR) is 83.1 cm³/mol. The van der Waals surface area contributed by atoms with Crippen LogP contribution < -0.4 is 10.6 Å². The number of nitrogens with one attached hydrogen (secondary N) is 2. The zero-order valence-electron chi connectivity index (χ0n) is 12.8. The number of benzene rings is 2. The third-order valence-corrected chi connectivity index (χ3v) is 3.74. The molecule has 0 atom stereocenters. The first-order valence-electron chi connectivity index (χ1n) is 7.24. The van der Waals surface area contributed by atoms with Crippen LogP contribution >= 0.6 is 0 Å². The van der Waals surface area contributed by atoms with Crippen molar-refractivity contribution in [3.8, 4) is 0 Å². The predicted octanol–water partition coefficient (Wildman–Crippen LogP) is 5.13. The highest BCUT2D eigenvalue weighted by Gasteiger charge is 2.44. The fourth-order valence-corrected chi connectivity index (χ4v) is 2.65. The third kappa shape index (κ3) is 3.24. The number of hydrogen-bond donors (Lipinski definition) is 2. The van der Waals surface area contributed by atoms with Crippen LogP contribution in [0, 0.1) is 0 Å². The minimum Gasteiger partial charge on any atom is -0.360 e. The van der Waals surface area contributed by atoms with Crippen molar-refractivity contribution in [2.45, 2.75) is 12.4 Å². The molecule has 0 bridgehead atoms. The van der Waals surface area contributed by atoms with Crippen LogP contribution in [0.5, 0.6) is 0 Å². The first-order chi connectivity index (χ1) is 12.1. The molecule has 1 aliphatic rings. The van der Waals surface area contributed by atoms with Crippen LogP contribution in [0.3, 0.4) is 0 Å². The Hall–Kier alpha value is -2.97.